The van der Waals surface area contributed by atoms with Gasteiger partial charge in [0.1, 0.15) is 11.3 Å². The first-order valence-corrected chi connectivity index (χ1v) is 6.09. The zero-order valence-electron chi connectivity index (χ0n) is 11.7. The molecule has 0 radical (unpaired) electrons. The van der Waals surface area contributed by atoms with Crippen LogP contribution in [-0.4, -0.2) is 51.8 Å². The van der Waals surface area contributed by atoms with Crippen molar-refractivity contribution in [3.8, 4) is 0 Å². The van der Waals surface area contributed by atoms with E-state index in [0.29, 0.717) is 0 Å². The zero-order valence-corrected chi connectivity index (χ0v) is 11.7. The number of allylic oxidation sites excluding steroid dienone is 4. The van der Waals surface area contributed by atoms with E-state index < -0.39 is 17.5 Å². The van der Waals surface area contributed by atoms with Gasteiger partial charge in [0.2, 0.25) is 0 Å². The van der Waals surface area contributed by atoms with Gasteiger partial charge < -0.3 is 10.0 Å². The van der Waals surface area contributed by atoms with Crippen LogP contribution in [0.25, 0.3) is 0 Å². The van der Waals surface area contributed by atoms with Crippen LogP contribution in [-0.2, 0) is 9.59 Å². The van der Waals surface area contributed by atoms with Gasteiger partial charge in [0.15, 0.2) is 0 Å². The molecule has 1 aliphatic rings. The van der Waals surface area contributed by atoms with Crippen molar-refractivity contribution >= 4 is 17.7 Å². The number of amides is 3. The second-order valence-corrected chi connectivity index (χ2v) is 4.67. The molecule has 1 heterocycles. The van der Waals surface area contributed by atoms with Gasteiger partial charge >= 0.3 is 6.03 Å². The van der Waals surface area contributed by atoms with Gasteiger partial charge in [-0.2, -0.15) is 0 Å². The molecule has 0 aromatic rings. The molecule has 0 spiro atoms. The topological polar surface area (TPSA) is 77.9 Å². The van der Waals surface area contributed by atoms with Gasteiger partial charge in [-0.25, -0.2) is 4.79 Å². The van der Waals surface area contributed by atoms with Gasteiger partial charge in [-0.15, -0.1) is 0 Å². The standard InChI is InChI=1S/C14H18N2O4/c1-11(18)10-16-12(19)14(2,15(3)13(16)20)8-6-4-5-7-9-17/h4-9,17H,10H2,1-3H3/b5-4-,8-6+,9-7+. The van der Waals surface area contributed by atoms with Gasteiger partial charge in [-0.1, -0.05) is 18.2 Å². The molecule has 108 valence electrons. The molecular formula is C14H18N2O4. The number of imide groups is 1. The summed E-state index contributed by atoms with van der Waals surface area (Å²) in [7, 11) is 1.52. The normalized spacial score (nSPS) is 23.9. The van der Waals surface area contributed by atoms with E-state index in [2.05, 4.69) is 0 Å². The van der Waals surface area contributed by atoms with Crippen molar-refractivity contribution in [3.05, 3.63) is 36.6 Å². The number of nitrogens with zero attached hydrogens (tertiary/aromatic N) is 2. The number of carbonyl (C=O) groups is 3. The Labute approximate surface area is 117 Å². The number of ketones is 1. The summed E-state index contributed by atoms with van der Waals surface area (Å²) in [6.45, 7) is 2.73. The summed E-state index contributed by atoms with van der Waals surface area (Å²) < 4.78 is 0. The minimum absolute atomic E-state index is 0.214. The molecule has 1 aliphatic heterocycles. The largest absolute Gasteiger partial charge is 0.516 e. The number of hydrogen-bond donors (Lipinski definition) is 1. The van der Waals surface area contributed by atoms with Crippen LogP contribution in [0.2, 0.25) is 0 Å². The summed E-state index contributed by atoms with van der Waals surface area (Å²) in [6.07, 6.45) is 8.69. The number of hydrogen-bond acceptors (Lipinski definition) is 4. The second kappa shape index (κ2) is 6.18. The van der Waals surface area contributed by atoms with E-state index in [4.69, 9.17) is 5.11 Å². The lowest BCUT2D eigenvalue weighted by molar-refractivity contribution is -0.133. The highest BCUT2D eigenvalue weighted by Crippen LogP contribution is 2.27. The molecule has 6 heteroatoms. The molecule has 1 unspecified atom stereocenters. The molecular weight excluding hydrogens is 260 g/mol. The second-order valence-electron chi connectivity index (χ2n) is 4.67. The Morgan fingerprint density at radius 3 is 2.40 bits per heavy atom. The predicted octanol–water partition coefficient (Wildman–Crippen LogP) is 1.41. The third-order valence-electron chi connectivity index (χ3n) is 3.11. The summed E-state index contributed by atoms with van der Waals surface area (Å²) in [5.74, 6) is -0.677. The average Bonchev–Trinajstić information content (AvgIpc) is 2.54. The van der Waals surface area contributed by atoms with E-state index in [9.17, 15) is 14.4 Å². The average molecular weight is 278 g/mol. The smallest absolute Gasteiger partial charge is 0.328 e. The molecule has 3 amide bonds. The number of rotatable bonds is 5. The van der Waals surface area contributed by atoms with Crippen molar-refractivity contribution in [2.24, 2.45) is 0 Å². The number of urea groups is 1. The molecule has 1 atom stereocenters. The zero-order chi connectivity index (χ0) is 15.3. The van der Waals surface area contributed by atoms with Crippen molar-refractivity contribution < 1.29 is 19.5 Å². The summed E-state index contributed by atoms with van der Waals surface area (Å²) in [6, 6.07) is -0.489. The van der Waals surface area contributed by atoms with Crippen LogP contribution >= 0.6 is 0 Å². The van der Waals surface area contributed by atoms with Crippen LogP contribution in [0.5, 0.6) is 0 Å². The van der Waals surface area contributed by atoms with E-state index in [1.165, 1.54) is 24.9 Å². The Bertz CT molecular complexity index is 507. The third-order valence-corrected chi connectivity index (χ3v) is 3.11. The number of carbonyl (C=O) groups excluding carboxylic acids is 3. The number of aliphatic hydroxyl groups excluding tert-OH is 1. The highest BCUT2D eigenvalue weighted by atomic mass is 16.2. The van der Waals surface area contributed by atoms with Gasteiger partial charge in [0, 0.05) is 7.05 Å². The maximum atomic E-state index is 12.3. The fourth-order valence-electron chi connectivity index (χ4n) is 1.85. The monoisotopic (exact) mass is 278 g/mol. The number of Topliss-reactive ketones (excluding diaryl/α,β-unsaturated/α-hetero) is 1. The lowest BCUT2D eigenvalue weighted by atomic mass is 10.0. The van der Waals surface area contributed by atoms with Crippen molar-refractivity contribution in [1.29, 1.82) is 0 Å². The molecule has 0 aromatic heterocycles. The van der Waals surface area contributed by atoms with Crippen LogP contribution in [0.15, 0.2) is 36.6 Å². The van der Waals surface area contributed by atoms with Crippen LogP contribution < -0.4 is 0 Å². The molecule has 0 saturated carbocycles. The Morgan fingerprint density at radius 1 is 1.25 bits per heavy atom. The fraction of sp³-hybridized carbons (Fsp3) is 0.357. The maximum absolute atomic E-state index is 12.3. The molecule has 1 fully saturated rings. The van der Waals surface area contributed by atoms with Crippen LogP contribution in [0.1, 0.15) is 13.8 Å². The minimum Gasteiger partial charge on any atom is -0.516 e. The summed E-state index contributed by atoms with van der Waals surface area (Å²) in [4.78, 5) is 37.6. The van der Waals surface area contributed by atoms with Crippen LogP contribution in [0.4, 0.5) is 4.79 Å². The molecule has 0 aromatic carbocycles. The third kappa shape index (κ3) is 2.96. The summed E-state index contributed by atoms with van der Waals surface area (Å²) >= 11 is 0. The molecule has 0 aliphatic carbocycles. The molecule has 1 N–H and O–H groups in total. The van der Waals surface area contributed by atoms with E-state index in [-0.39, 0.29) is 12.3 Å². The van der Waals surface area contributed by atoms with E-state index in [1.54, 1.807) is 31.2 Å². The quantitative estimate of drug-likeness (QED) is 0.468. The highest BCUT2D eigenvalue weighted by Gasteiger charge is 2.50. The van der Waals surface area contributed by atoms with Crippen molar-refractivity contribution in [2.75, 3.05) is 13.6 Å². The van der Waals surface area contributed by atoms with Gasteiger partial charge in [-0.05, 0) is 26.0 Å². The van der Waals surface area contributed by atoms with E-state index in [1.807, 2.05) is 0 Å². The molecule has 0 bridgehead atoms. The van der Waals surface area contributed by atoms with Crippen molar-refractivity contribution in [2.45, 2.75) is 19.4 Å². The Balaban J connectivity index is 2.96. The Kier molecular flexibility index (Phi) is 4.85. The Morgan fingerprint density at radius 2 is 1.85 bits per heavy atom. The maximum Gasteiger partial charge on any atom is 0.328 e. The van der Waals surface area contributed by atoms with E-state index in [0.717, 1.165) is 11.2 Å². The summed E-state index contributed by atoms with van der Waals surface area (Å²) in [5.41, 5.74) is -1.11. The van der Waals surface area contributed by atoms with Crippen LogP contribution in [0, 0.1) is 0 Å². The van der Waals surface area contributed by atoms with Crippen molar-refractivity contribution in [1.82, 2.24) is 9.80 Å². The highest BCUT2D eigenvalue weighted by molar-refractivity contribution is 6.09. The molecule has 6 nitrogen and oxygen atoms in total. The first-order chi connectivity index (χ1) is 9.34. The minimum atomic E-state index is -1.11. The summed E-state index contributed by atoms with van der Waals surface area (Å²) in [5, 5.41) is 8.46. The first-order valence-electron chi connectivity index (χ1n) is 6.09. The lowest BCUT2D eigenvalue weighted by Crippen LogP contribution is -2.43. The van der Waals surface area contributed by atoms with Crippen LogP contribution in [0.3, 0.4) is 0 Å². The van der Waals surface area contributed by atoms with Gasteiger partial charge in [0.05, 0.1) is 12.8 Å². The fourth-order valence-corrected chi connectivity index (χ4v) is 1.85. The SMILES string of the molecule is CC(=O)CN1C(=O)N(C)C(C)(/C=C/C=C\C=C\O)C1=O. The molecule has 20 heavy (non-hydrogen) atoms. The first kappa shape index (κ1) is 15.7. The van der Waals surface area contributed by atoms with Crippen molar-refractivity contribution in [3.63, 3.8) is 0 Å². The van der Waals surface area contributed by atoms with Gasteiger partial charge in [0.25, 0.3) is 5.91 Å². The predicted molar refractivity (Wildman–Crippen MR) is 74.0 cm³/mol. The molecule has 1 rings (SSSR count). The lowest BCUT2D eigenvalue weighted by Gasteiger charge is -2.24. The number of aliphatic hydroxyl groups is 1. The molecule has 1 saturated heterocycles. The van der Waals surface area contributed by atoms with Gasteiger partial charge in [-0.3, -0.25) is 14.5 Å². The Hall–Kier alpha value is -2.37. The van der Waals surface area contributed by atoms with E-state index >= 15 is 0 Å². The number of likely N-dealkylation sites (N-methyl/N-ethyl adjacent to an activating group) is 1.